The summed E-state index contributed by atoms with van der Waals surface area (Å²) in [5.41, 5.74) is 0.951. The molecule has 3 aromatic rings. The number of benzene rings is 2. The molecule has 1 heterocycles. The SMILES string of the molecule is COc1ccccc1-c1cc(C(=O)N(C)CCOc2ccccc2Cl)no1. The zero-order chi connectivity index (χ0) is 19.2. The number of hydrogen-bond acceptors (Lipinski definition) is 5. The van der Waals surface area contributed by atoms with Gasteiger partial charge in [-0.1, -0.05) is 41.0 Å². The van der Waals surface area contributed by atoms with Gasteiger partial charge in [-0.2, -0.15) is 0 Å². The van der Waals surface area contributed by atoms with Crippen LogP contribution >= 0.6 is 11.6 Å². The fourth-order valence-electron chi connectivity index (χ4n) is 2.50. The van der Waals surface area contributed by atoms with E-state index in [1.54, 1.807) is 32.4 Å². The minimum atomic E-state index is -0.261. The second-order valence-corrected chi connectivity index (χ2v) is 6.19. The van der Waals surface area contributed by atoms with Gasteiger partial charge in [0.15, 0.2) is 11.5 Å². The molecule has 2 aromatic carbocycles. The largest absolute Gasteiger partial charge is 0.496 e. The number of carbonyl (C=O) groups excluding carboxylic acids is 1. The number of nitrogens with zero attached hydrogens (tertiary/aromatic N) is 2. The number of rotatable bonds is 7. The number of carbonyl (C=O) groups is 1. The zero-order valence-electron chi connectivity index (χ0n) is 15.0. The van der Waals surface area contributed by atoms with Crippen LogP contribution in [0.4, 0.5) is 0 Å². The standard InChI is InChI=1S/C20H19ClN2O4/c1-23(11-12-26-18-10-6-4-8-15(18)21)20(24)16-13-19(27-22-16)14-7-3-5-9-17(14)25-2/h3-10,13H,11-12H2,1-2H3. The monoisotopic (exact) mass is 386 g/mol. The lowest BCUT2D eigenvalue weighted by Gasteiger charge is -2.16. The molecular weight excluding hydrogens is 368 g/mol. The van der Waals surface area contributed by atoms with Gasteiger partial charge in [-0.05, 0) is 24.3 Å². The fraction of sp³-hybridized carbons (Fsp3) is 0.200. The van der Waals surface area contributed by atoms with E-state index in [1.807, 2.05) is 36.4 Å². The minimum absolute atomic E-state index is 0.219. The Kier molecular flexibility index (Phi) is 5.98. The molecule has 0 aliphatic carbocycles. The number of likely N-dealkylation sites (N-methyl/N-ethyl adjacent to an activating group) is 1. The topological polar surface area (TPSA) is 64.8 Å². The Labute approximate surface area is 162 Å². The number of ether oxygens (including phenoxy) is 2. The van der Waals surface area contributed by atoms with Crippen LogP contribution in [0.3, 0.4) is 0 Å². The molecule has 0 N–H and O–H groups in total. The molecular formula is C20H19ClN2O4. The first-order valence-electron chi connectivity index (χ1n) is 8.33. The van der Waals surface area contributed by atoms with Crippen LogP contribution < -0.4 is 9.47 Å². The van der Waals surface area contributed by atoms with Gasteiger partial charge in [0.25, 0.3) is 5.91 Å². The summed E-state index contributed by atoms with van der Waals surface area (Å²) in [5.74, 6) is 1.44. The molecule has 0 saturated heterocycles. The maximum atomic E-state index is 12.5. The molecule has 0 fully saturated rings. The highest BCUT2D eigenvalue weighted by Crippen LogP contribution is 2.30. The summed E-state index contributed by atoms with van der Waals surface area (Å²) in [6.07, 6.45) is 0. The predicted octanol–water partition coefficient (Wildman–Crippen LogP) is 4.15. The van der Waals surface area contributed by atoms with E-state index in [-0.39, 0.29) is 11.6 Å². The summed E-state index contributed by atoms with van der Waals surface area (Å²) in [6, 6.07) is 16.2. The van der Waals surface area contributed by atoms with Crippen molar-refractivity contribution in [1.82, 2.24) is 10.1 Å². The lowest BCUT2D eigenvalue weighted by Crippen LogP contribution is -2.31. The van der Waals surface area contributed by atoms with Crippen LogP contribution in [0.15, 0.2) is 59.1 Å². The second-order valence-electron chi connectivity index (χ2n) is 5.78. The molecule has 0 bridgehead atoms. The average molecular weight is 387 g/mol. The number of methoxy groups -OCH3 is 1. The molecule has 0 atom stereocenters. The number of halogens is 1. The quantitative estimate of drug-likeness (QED) is 0.610. The molecule has 0 aliphatic heterocycles. The smallest absolute Gasteiger partial charge is 0.275 e. The molecule has 0 aliphatic rings. The van der Waals surface area contributed by atoms with Crippen molar-refractivity contribution < 1.29 is 18.8 Å². The number of amides is 1. The van der Waals surface area contributed by atoms with Gasteiger partial charge in [-0.3, -0.25) is 4.79 Å². The Morgan fingerprint density at radius 3 is 2.59 bits per heavy atom. The van der Waals surface area contributed by atoms with E-state index >= 15 is 0 Å². The van der Waals surface area contributed by atoms with Gasteiger partial charge in [-0.25, -0.2) is 0 Å². The van der Waals surface area contributed by atoms with Gasteiger partial charge in [0, 0.05) is 13.1 Å². The van der Waals surface area contributed by atoms with Crippen molar-refractivity contribution in [1.29, 1.82) is 0 Å². The summed E-state index contributed by atoms with van der Waals surface area (Å²) < 4.78 is 16.3. The van der Waals surface area contributed by atoms with Crippen LogP contribution in [-0.4, -0.2) is 43.3 Å². The van der Waals surface area contributed by atoms with Crippen molar-refractivity contribution in [2.45, 2.75) is 0 Å². The van der Waals surface area contributed by atoms with Crippen molar-refractivity contribution in [3.63, 3.8) is 0 Å². The van der Waals surface area contributed by atoms with E-state index < -0.39 is 0 Å². The van der Waals surface area contributed by atoms with E-state index in [2.05, 4.69) is 5.16 Å². The van der Waals surface area contributed by atoms with Crippen molar-refractivity contribution >= 4 is 17.5 Å². The van der Waals surface area contributed by atoms with Gasteiger partial charge in [-0.15, -0.1) is 0 Å². The van der Waals surface area contributed by atoms with Gasteiger partial charge in [0.05, 0.1) is 24.2 Å². The molecule has 3 rings (SSSR count). The van der Waals surface area contributed by atoms with Crippen molar-refractivity contribution in [2.24, 2.45) is 0 Å². The van der Waals surface area contributed by atoms with Gasteiger partial charge >= 0.3 is 0 Å². The van der Waals surface area contributed by atoms with Crippen LogP contribution in [0, 0.1) is 0 Å². The summed E-state index contributed by atoms with van der Waals surface area (Å²) in [7, 11) is 3.25. The van der Waals surface area contributed by atoms with Crippen LogP contribution in [-0.2, 0) is 0 Å². The summed E-state index contributed by atoms with van der Waals surface area (Å²) in [5, 5.41) is 4.42. The van der Waals surface area contributed by atoms with Crippen molar-refractivity contribution in [2.75, 3.05) is 27.3 Å². The van der Waals surface area contributed by atoms with Crippen molar-refractivity contribution in [3.8, 4) is 22.8 Å². The van der Waals surface area contributed by atoms with Gasteiger partial charge in [0.2, 0.25) is 0 Å². The summed E-state index contributed by atoms with van der Waals surface area (Å²) in [6.45, 7) is 0.685. The van der Waals surface area contributed by atoms with E-state index in [0.717, 1.165) is 5.56 Å². The Morgan fingerprint density at radius 2 is 1.85 bits per heavy atom. The van der Waals surface area contributed by atoms with Gasteiger partial charge < -0.3 is 18.9 Å². The normalized spacial score (nSPS) is 10.5. The highest BCUT2D eigenvalue weighted by molar-refractivity contribution is 6.32. The molecule has 6 nitrogen and oxygen atoms in total. The Hall–Kier alpha value is -2.99. The fourth-order valence-corrected chi connectivity index (χ4v) is 2.69. The minimum Gasteiger partial charge on any atom is -0.496 e. The molecule has 140 valence electrons. The van der Waals surface area contributed by atoms with E-state index in [0.29, 0.717) is 35.4 Å². The maximum absolute atomic E-state index is 12.5. The third-order valence-corrected chi connectivity index (χ3v) is 4.28. The maximum Gasteiger partial charge on any atom is 0.275 e. The summed E-state index contributed by atoms with van der Waals surface area (Å²) in [4.78, 5) is 14.1. The molecule has 0 radical (unpaired) electrons. The van der Waals surface area contributed by atoms with Crippen molar-refractivity contribution in [3.05, 3.63) is 65.3 Å². The second kappa shape index (κ2) is 8.60. The number of aromatic nitrogens is 1. The first-order valence-corrected chi connectivity index (χ1v) is 8.71. The molecule has 1 aromatic heterocycles. The molecule has 0 unspecified atom stereocenters. The third-order valence-electron chi connectivity index (χ3n) is 3.97. The first kappa shape index (κ1) is 18.8. The van der Waals surface area contributed by atoms with E-state index in [1.165, 1.54) is 4.90 Å². The molecule has 27 heavy (non-hydrogen) atoms. The lowest BCUT2D eigenvalue weighted by molar-refractivity contribution is 0.0763. The Bertz CT molecular complexity index is 926. The molecule has 0 saturated carbocycles. The molecule has 1 amide bonds. The van der Waals surface area contributed by atoms with Crippen LogP contribution in [0.5, 0.6) is 11.5 Å². The number of hydrogen-bond donors (Lipinski definition) is 0. The summed E-state index contributed by atoms with van der Waals surface area (Å²) >= 11 is 6.05. The highest BCUT2D eigenvalue weighted by atomic mass is 35.5. The molecule has 0 spiro atoms. The average Bonchev–Trinajstić information content (AvgIpc) is 3.18. The highest BCUT2D eigenvalue weighted by Gasteiger charge is 2.19. The Balaban J connectivity index is 1.62. The van der Waals surface area contributed by atoms with E-state index in [9.17, 15) is 4.79 Å². The van der Waals surface area contributed by atoms with Gasteiger partial charge in [0.1, 0.15) is 18.1 Å². The Morgan fingerprint density at radius 1 is 1.15 bits per heavy atom. The number of para-hydroxylation sites is 2. The lowest BCUT2D eigenvalue weighted by atomic mass is 10.1. The van der Waals surface area contributed by atoms with E-state index in [4.69, 9.17) is 25.6 Å². The third kappa shape index (κ3) is 4.41. The predicted molar refractivity (Wildman–Crippen MR) is 102 cm³/mol. The van der Waals surface area contributed by atoms with Crippen LogP contribution in [0.1, 0.15) is 10.5 Å². The zero-order valence-corrected chi connectivity index (χ0v) is 15.8. The van der Waals surface area contributed by atoms with Crippen LogP contribution in [0.2, 0.25) is 5.02 Å². The first-order chi connectivity index (χ1) is 13.1. The molecule has 7 heteroatoms. The van der Waals surface area contributed by atoms with Crippen LogP contribution in [0.25, 0.3) is 11.3 Å².